The van der Waals surface area contributed by atoms with E-state index in [0.717, 1.165) is 29.9 Å². The summed E-state index contributed by atoms with van der Waals surface area (Å²) in [6, 6.07) is 5.82. The molecule has 0 spiro atoms. The number of imidazole rings is 1. The summed E-state index contributed by atoms with van der Waals surface area (Å²) in [6.07, 6.45) is 4.97. The van der Waals surface area contributed by atoms with Crippen LogP contribution < -0.4 is 10.2 Å². The second-order valence-electron chi connectivity index (χ2n) is 5.07. The Labute approximate surface area is 123 Å². The summed E-state index contributed by atoms with van der Waals surface area (Å²) < 4.78 is 1.90. The number of unbranched alkanes of at least 4 members (excludes halogenated alkanes) is 1. The van der Waals surface area contributed by atoms with E-state index in [9.17, 15) is 10.2 Å². The molecule has 1 aliphatic rings. The van der Waals surface area contributed by atoms with Gasteiger partial charge >= 0.3 is 0 Å². The predicted molar refractivity (Wildman–Crippen MR) is 81.1 cm³/mol. The lowest BCUT2D eigenvalue weighted by atomic mass is 10.1. The molecule has 2 heterocycles. The topological polar surface area (TPSA) is 73.6 Å². The molecule has 6 nitrogen and oxygen atoms in total. The standard InChI is InChI=1S/C15H19N4O2/c1-2-3-7-19-13-9-11(18-8-6-16-10-18)4-5-12(13)17-14(20)15(19)21/h4-6,8-10,14-15,17,20-21H,1-3,7H2. The second kappa shape index (κ2) is 5.75. The van der Waals surface area contributed by atoms with Crippen molar-refractivity contribution in [2.45, 2.75) is 25.3 Å². The van der Waals surface area contributed by atoms with Gasteiger partial charge < -0.3 is 25.0 Å². The second-order valence-corrected chi connectivity index (χ2v) is 5.07. The molecule has 21 heavy (non-hydrogen) atoms. The third kappa shape index (κ3) is 2.59. The Balaban J connectivity index is 1.99. The smallest absolute Gasteiger partial charge is 0.172 e. The third-order valence-electron chi connectivity index (χ3n) is 3.65. The lowest BCUT2D eigenvalue weighted by Gasteiger charge is -2.39. The van der Waals surface area contributed by atoms with E-state index in [4.69, 9.17) is 0 Å². The van der Waals surface area contributed by atoms with Crippen molar-refractivity contribution in [2.24, 2.45) is 0 Å². The number of hydrogen-bond donors (Lipinski definition) is 3. The van der Waals surface area contributed by atoms with E-state index in [-0.39, 0.29) is 0 Å². The van der Waals surface area contributed by atoms with Crippen LogP contribution in [0, 0.1) is 6.92 Å². The van der Waals surface area contributed by atoms with Crippen LogP contribution in [0.3, 0.4) is 0 Å². The Kier molecular flexibility index (Phi) is 3.81. The fraction of sp³-hybridized carbons (Fsp3) is 0.333. The molecule has 0 amide bonds. The molecule has 1 aromatic carbocycles. The molecule has 1 radical (unpaired) electrons. The molecule has 2 unspecified atom stereocenters. The van der Waals surface area contributed by atoms with Crippen LogP contribution >= 0.6 is 0 Å². The van der Waals surface area contributed by atoms with E-state index in [0.29, 0.717) is 6.54 Å². The van der Waals surface area contributed by atoms with Crippen LogP contribution in [0.5, 0.6) is 0 Å². The monoisotopic (exact) mass is 287 g/mol. The van der Waals surface area contributed by atoms with E-state index in [1.54, 1.807) is 12.5 Å². The minimum Gasteiger partial charge on any atom is -0.369 e. The Morgan fingerprint density at radius 1 is 1.33 bits per heavy atom. The normalized spacial score (nSPS) is 21.0. The van der Waals surface area contributed by atoms with Crippen molar-refractivity contribution in [1.29, 1.82) is 0 Å². The van der Waals surface area contributed by atoms with Crippen molar-refractivity contribution in [3.05, 3.63) is 43.8 Å². The van der Waals surface area contributed by atoms with Crippen molar-refractivity contribution in [3.8, 4) is 5.69 Å². The highest BCUT2D eigenvalue weighted by Gasteiger charge is 2.31. The van der Waals surface area contributed by atoms with Crippen molar-refractivity contribution < 1.29 is 10.2 Å². The summed E-state index contributed by atoms with van der Waals surface area (Å²) >= 11 is 0. The fourth-order valence-electron chi connectivity index (χ4n) is 2.53. The number of aliphatic hydroxyl groups is 2. The number of fused-ring (bicyclic) bond motifs is 1. The largest absolute Gasteiger partial charge is 0.369 e. The number of aromatic nitrogens is 2. The van der Waals surface area contributed by atoms with Crippen molar-refractivity contribution in [3.63, 3.8) is 0 Å². The van der Waals surface area contributed by atoms with Crippen LogP contribution in [-0.4, -0.2) is 38.8 Å². The lowest BCUT2D eigenvalue weighted by molar-refractivity contribution is 0.0311. The van der Waals surface area contributed by atoms with Gasteiger partial charge in [-0.1, -0.05) is 13.3 Å². The molecule has 1 aliphatic heterocycles. The van der Waals surface area contributed by atoms with Gasteiger partial charge in [0.05, 0.1) is 17.7 Å². The highest BCUT2D eigenvalue weighted by atomic mass is 16.4. The molecule has 0 fully saturated rings. The highest BCUT2D eigenvalue weighted by molar-refractivity contribution is 5.75. The lowest BCUT2D eigenvalue weighted by Crippen LogP contribution is -2.51. The van der Waals surface area contributed by atoms with Gasteiger partial charge in [-0.25, -0.2) is 4.98 Å². The van der Waals surface area contributed by atoms with Crippen LogP contribution in [0.4, 0.5) is 11.4 Å². The zero-order chi connectivity index (χ0) is 14.8. The first-order chi connectivity index (χ1) is 10.2. The molecule has 2 atom stereocenters. The van der Waals surface area contributed by atoms with Crippen LogP contribution in [-0.2, 0) is 0 Å². The Hall–Kier alpha value is -2.05. The van der Waals surface area contributed by atoms with Crippen molar-refractivity contribution in [2.75, 3.05) is 16.8 Å². The number of nitrogens with zero attached hydrogens (tertiary/aromatic N) is 3. The maximum Gasteiger partial charge on any atom is 0.172 e. The summed E-state index contributed by atoms with van der Waals surface area (Å²) in [5, 5.41) is 23.0. The number of rotatable bonds is 4. The van der Waals surface area contributed by atoms with Crippen LogP contribution in [0.1, 0.15) is 12.8 Å². The molecule has 0 saturated carbocycles. The first-order valence-corrected chi connectivity index (χ1v) is 7.01. The first-order valence-electron chi connectivity index (χ1n) is 7.01. The maximum absolute atomic E-state index is 10.2. The SMILES string of the molecule is [CH2]CCCN1c2cc(-n3ccnc3)ccc2NC(O)C1O. The molecule has 111 valence electrons. The summed E-state index contributed by atoms with van der Waals surface area (Å²) in [4.78, 5) is 5.85. The third-order valence-corrected chi connectivity index (χ3v) is 3.65. The molecule has 3 N–H and O–H groups in total. The minimum absolute atomic E-state index is 0.643. The van der Waals surface area contributed by atoms with Crippen molar-refractivity contribution in [1.82, 2.24) is 9.55 Å². The zero-order valence-corrected chi connectivity index (χ0v) is 11.7. The van der Waals surface area contributed by atoms with Gasteiger partial charge in [-0.05, 0) is 24.6 Å². The van der Waals surface area contributed by atoms with Crippen molar-refractivity contribution >= 4 is 11.4 Å². The first kappa shape index (κ1) is 13.9. The predicted octanol–water partition coefficient (Wildman–Crippen LogP) is 1.36. The molecular weight excluding hydrogens is 268 g/mol. The van der Waals surface area contributed by atoms with Gasteiger partial charge in [0.15, 0.2) is 12.5 Å². The minimum atomic E-state index is -0.999. The van der Waals surface area contributed by atoms with Crippen LogP contribution in [0.25, 0.3) is 5.69 Å². The highest BCUT2D eigenvalue weighted by Crippen LogP contribution is 2.34. The van der Waals surface area contributed by atoms with Gasteiger partial charge in [0.1, 0.15) is 0 Å². The zero-order valence-electron chi connectivity index (χ0n) is 11.7. The average Bonchev–Trinajstić information content (AvgIpc) is 3.02. The number of anilines is 2. The average molecular weight is 287 g/mol. The molecular formula is C15H19N4O2. The van der Waals surface area contributed by atoms with Gasteiger partial charge in [-0.2, -0.15) is 0 Å². The Morgan fingerprint density at radius 3 is 2.90 bits per heavy atom. The van der Waals surface area contributed by atoms with Crippen LogP contribution in [0.15, 0.2) is 36.9 Å². The molecule has 1 aromatic heterocycles. The number of nitrogens with one attached hydrogen (secondary N) is 1. The molecule has 2 aromatic rings. The summed E-state index contributed by atoms with van der Waals surface area (Å²) in [7, 11) is 0. The van der Waals surface area contributed by atoms with Gasteiger partial charge in [0.25, 0.3) is 0 Å². The summed E-state index contributed by atoms with van der Waals surface area (Å²) in [6.45, 7) is 4.47. The molecule has 6 heteroatoms. The molecule has 0 aliphatic carbocycles. The summed E-state index contributed by atoms with van der Waals surface area (Å²) in [5.74, 6) is 0. The molecule has 3 rings (SSSR count). The Bertz CT molecular complexity index is 600. The molecule has 0 saturated heterocycles. The fourth-order valence-corrected chi connectivity index (χ4v) is 2.53. The maximum atomic E-state index is 10.2. The molecule has 0 bridgehead atoms. The van der Waals surface area contributed by atoms with Crippen LogP contribution in [0.2, 0.25) is 0 Å². The van der Waals surface area contributed by atoms with Gasteiger partial charge in [-0.3, -0.25) is 0 Å². The Morgan fingerprint density at radius 2 is 2.19 bits per heavy atom. The quantitative estimate of drug-likeness (QED) is 0.792. The van der Waals surface area contributed by atoms with E-state index in [2.05, 4.69) is 17.2 Å². The van der Waals surface area contributed by atoms with E-state index in [1.807, 2.05) is 33.9 Å². The number of aliphatic hydroxyl groups excluding tert-OH is 2. The van der Waals surface area contributed by atoms with E-state index < -0.39 is 12.5 Å². The van der Waals surface area contributed by atoms with Gasteiger partial charge in [0, 0.05) is 24.6 Å². The number of benzene rings is 1. The van der Waals surface area contributed by atoms with Gasteiger partial charge in [-0.15, -0.1) is 0 Å². The number of hydrogen-bond acceptors (Lipinski definition) is 5. The summed E-state index contributed by atoms with van der Waals surface area (Å²) in [5.41, 5.74) is 2.63. The van der Waals surface area contributed by atoms with Gasteiger partial charge in [0.2, 0.25) is 0 Å². The van der Waals surface area contributed by atoms with E-state index in [1.165, 1.54) is 0 Å². The van der Waals surface area contributed by atoms with E-state index >= 15 is 0 Å².